The van der Waals surface area contributed by atoms with Gasteiger partial charge in [-0.05, 0) is 36.2 Å². The van der Waals surface area contributed by atoms with Gasteiger partial charge in [0.15, 0.2) is 0 Å². The highest BCUT2D eigenvalue weighted by Crippen LogP contribution is 2.16. The van der Waals surface area contributed by atoms with Crippen LogP contribution in [-0.4, -0.2) is 12.0 Å². The van der Waals surface area contributed by atoms with Gasteiger partial charge in [0.25, 0.3) is 0 Å². The van der Waals surface area contributed by atoms with Crippen molar-refractivity contribution in [1.29, 1.82) is 0 Å². The fraction of sp³-hybridized carbons (Fsp3) is 0.267. The summed E-state index contributed by atoms with van der Waals surface area (Å²) in [6, 6.07) is 12.1. The van der Waals surface area contributed by atoms with Gasteiger partial charge in [-0.3, -0.25) is 4.98 Å². The second kappa shape index (κ2) is 6.05. The number of aryl methyl sites for hydroxylation is 1. The molecule has 0 radical (unpaired) electrons. The van der Waals surface area contributed by atoms with Gasteiger partial charge in [0.05, 0.1) is 5.69 Å². The lowest BCUT2D eigenvalue weighted by Gasteiger charge is -2.08. The third-order valence-electron chi connectivity index (χ3n) is 2.80. The van der Waals surface area contributed by atoms with Gasteiger partial charge in [-0.2, -0.15) is 0 Å². The Kier molecular flexibility index (Phi) is 4.18. The number of rotatable bonds is 5. The molecule has 0 aliphatic rings. The summed E-state index contributed by atoms with van der Waals surface area (Å²) in [5.74, 6) is 0.894. The fourth-order valence-corrected chi connectivity index (χ4v) is 1.73. The second-order valence-electron chi connectivity index (χ2n) is 4.08. The zero-order valence-electron chi connectivity index (χ0n) is 10.8. The number of hydrogen-bond acceptors (Lipinski definition) is 3. The van der Waals surface area contributed by atoms with Crippen molar-refractivity contribution in [3.63, 3.8) is 0 Å². The van der Waals surface area contributed by atoms with Gasteiger partial charge >= 0.3 is 0 Å². The molecule has 0 amide bonds. The van der Waals surface area contributed by atoms with Gasteiger partial charge in [-0.15, -0.1) is 0 Å². The molecule has 3 heteroatoms. The normalized spacial score (nSPS) is 10.1. The molecular formula is C15H18N2O. The Morgan fingerprint density at radius 3 is 2.89 bits per heavy atom. The first-order valence-corrected chi connectivity index (χ1v) is 6.16. The monoisotopic (exact) mass is 242 g/mol. The number of anilines is 1. The van der Waals surface area contributed by atoms with Crippen LogP contribution in [0.5, 0.6) is 5.75 Å². The molecular weight excluding hydrogens is 224 g/mol. The molecule has 2 rings (SSSR count). The summed E-state index contributed by atoms with van der Waals surface area (Å²) in [5, 5.41) is 3.09. The van der Waals surface area contributed by atoms with Gasteiger partial charge in [0.1, 0.15) is 12.4 Å². The van der Waals surface area contributed by atoms with Crippen molar-refractivity contribution in [2.45, 2.75) is 20.0 Å². The van der Waals surface area contributed by atoms with Crippen LogP contribution in [0.2, 0.25) is 0 Å². The van der Waals surface area contributed by atoms with E-state index in [2.05, 4.69) is 29.4 Å². The molecule has 0 bridgehead atoms. The van der Waals surface area contributed by atoms with Crippen molar-refractivity contribution >= 4 is 5.69 Å². The number of pyridine rings is 1. The van der Waals surface area contributed by atoms with Crippen LogP contribution >= 0.6 is 0 Å². The van der Waals surface area contributed by atoms with Crippen LogP contribution in [0.15, 0.2) is 42.6 Å². The number of ether oxygens (including phenoxy) is 1. The molecule has 0 saturated carbocycles. The molecule has 1 aromatic carbocycles. The maximum absolute atomic E-state index is 5.74. The number of nitrogens with one attached hydrogen (secondary N) is 1. The first kappa shape index (κ1) is 12.4. The van der Waals surface area contributed by atoms with Crippen LogP contribution in [-0.2, 0) is 13.0 Å². The minimum Gasteiger partial charge on any atom is -0.487 e. The van der Waals surface area contributed by atoms with E-state index in [-0.39, 0.29) is 0 Å². The zero-order chi connectivity index (χ0) is 12.8. The van der Waals surface area contributed by atoms with E-state index < -0.39 is 0 Å². The molecule has 0 unspecified atom stereocenters. The molecule has 1 N–H and O–H groups in total. The third-order valence-corrected chi connectivity index (χ3v) is 2.80. The van der Waals surface area contributed by atoms with Crippen LogP contribution in [0.3, 0.4) is 0 Å². The lowest BCUT2D eigenvalue weighted by Crippen LogP contribution is -1.99. The molecule has 0 spiro atoms. The van der Waals surface area contributed by atoms with Crippen molar-refractivity contribution in [3.8, 4) is 5.75 Å². The molecule has 0 atom stereocenters. The summed E-state index contributed by atoms with van der Waals surface area (Å²) in [4.78, 5) is 4.28. The first-order valence-electron chi connectivity index (χ1n) is 6.16. The number of aromatic nitrogens is 1. The van der Waals surface area contributed by atoms with Crippen molar-refractivity contribution in [2.24, 2.45) is 0 Å². The molecule has 0 fully saturated rings. The van der Waals surface area contributed by atoms with Crippen LogP contribution in [0, 0.1) is 0 Å². The maximum Gasteiger partial charge on any atom is 0.130 e. The Bertz CT molecular complexity index is 464. The minimum atomic E-state index is 0.489. The van der Waals surface area contributed by atoms with Crippen LogP contribution in [0.1, 0.15) is 18.2 Å². The van der Waals surface area contributed by atoms with E-state index in [1.54, 1.807) is 6.20 Å². The van der Waals surface area contributed by atoms with E-state index in [4.69, 9.17) is 4.74 Å². The van der Waals surface area contributed by atoms with E-state index in [1.807, 2.05) is 31.3 Å². The second-order valence-corrected chi connectivity index (χ2v) is 4.08. The Balaban J connectivity index is 2.01. The summed E-state index contributed by atoms with van der Waals surface area (Å²) in [7, 11) is 1.89. The highest BCUT2D eigenvalue weighted by molar-refractivity contribution is 5.42. The van der Waals surface area contributed by atoms with Gasteiger partial charge in [-0.1, -0.05) is 19.1 Å². The zero-order valence-corrected chi connectivity index (χ0v) is 10.8. The molecule has 94 valence electrons. The number of benzene rings is 1. The third kappa shape index (κ3) is 3.23. The van der Waals surface area contributed by atoms with Crippen LogP contribution in [0.4, 0.5) is 5.69 Å². The van der Waals surface area contributed by atoms with Crippen molar-refractivity contribution in [3.05, 3.63) is 53.9 Å². The van der Waals surface area contributed by atoms with E-state index in [0.29, 0.717) is 6.61 Å². The summed E-state index contributed by atoms with van der Waals surface area (Å²) < 4.78 is 5.74. The average molecular weight is 242 g/mol. The highest BCUT2D eigenvalue weighted by Gasteiger charge is 1.99. The maximum atomic E-state index is 5.74. The van der Waals surface area contributed by atoms with Crippen LogP contribution < -0.4 is 10.1 Å². The fourth-order valence-electron chi connectivity index (χ4n) is 1.73. The molecule has 0 aliphatic carbocycles. The molecule has 0 aliphatic heterocycles. The van der Waals surface area contributed by atoms with E-state index in [9.17, 15) is 0 Å². The van der Waals surface area contributed by atoms with Crippen LogP contribution in [0.25, 0.3) is 0 Å². The molecule has 1 heterocycles. The number of nitrogens with zero attached hydrogens (tertiary/aromatic N) is 1. The van der Waals surface area contributed by atoms with Gasteiger partial charge in [-0.25, -0.2) is 0 Å². The average Bonchev–Trinajstić information content (AvgIpc) is 2.45. The standard InChI is InChI=1S/C15H18N2O/c1-3-12-5-4-6-15(9-12)18-11-14-10-13(16-2)7-8-17-14/h4-10H,3,11H2,1-2H3,(H,16,17). The van der Waals surface area contributed by atoms with E-state index >= 15 is 0 Å². The van der Waals surface area contributed by atoms with Crippen molar-refractivity contribution in [2.75, 3.05) is 12.4 Å². The Hall–Kier alpha value is -2.03. The van der Waals surface area contributed by atoms with Crippen molar-refractivity contribution in [1.82, 2.24) is 4.98 Å². The summed E-state index contributed by atoms with van der Waals surface area (Å²) in [6.45, 7) is 2.62. The predicted octanol–water partition coefficient (Wildman–Crippen LogP) is 3.26. The summed E-state index contributed by atoms with van der Waals surface area (Å²) >= 11 is 0. The highest BCUT2D eigenvalue weighted by atomic mass is 16.5. The smallest absolute Gasteiger partial charge is 0.130 e. The molecule has 2 aromatic rings. The largest absolute Gasteiger partial charge is 0.487 e. The first-order chi connectivity index (χ1) is 8.81. The molecule has 18 heavy (non-hydrogen) atoms. The topological polar surface area (TPSA) is 34.1 Å². The molecule has 1 aromatic heterocycles. The van der Waals surface area contributed by atoms with Gasteiger partial charge < -0.3 is 10.1 Å². The van der Waals surface area contributed by atoms with E-state index in [1.165, 1.54) is 5.56 Å². The predicted molar refractivity (Wildman–Crippen MR) is 73.9 cm³/mol. The van der Waals surface area contributed by atoms with Gasteiger partial charge in [0.2, 0.25) is 0 Å². The Morgan fingerprint density at radius 2 is 2.11 bits per heavy atom. The lowest BCUT2D eigenvalue weighted by molar-refractivity contribution is 0.301. The number of hydrogen-bond donors (Lipinski definition) is 1. The quantitative estimate of drug-likeness (QED) is 0.873. The van der Waals surface area contributed by atoms with Crippen molar-refractivity contribution < 1.29 is 4.74 Å². The molecule has 3 nitrogen and oxygen atoms in total. The van der Waals surface area contributed by atoms with Gasteiger partial charge in [0, 0.05) is 18.9 Å². The Labute approximate surface area is 108 Å². The lowest BCUT2D eigenvalue weighted by atomic mass is 10.2. The summed E-state index contributed by atoms with van der Waals surface area (Å²) in [6.07, 6.45) is 2.80. The molecule has 0 saturated heterocycles. The van der Waals surface area contributed by atoms with E-state index in [0.717, 1.165) is 23.6 Å². The summed E-state index contributed by atoms with van der Waals surface area (Å²) in [5.41, 5.74) is 3.25. The Morgan fingerprint density at radius 1 is 1.22 bits per heavy atom. The SMILES string of the molecule is CCc1cccc(OCc2cc(NC)ccn2)c1. The minimum absolute atomic E-state index is 0.489.